The molecule has 1 saturated heterocycles. The van der Waals surface area contributed by atoms with Crippen LogP contribution in [0.15, 0.2) is 12.5 Å². The van der Waals surface area contributed by atoms with Gasteiger partial charge in [-0.05, 0) is 33.2 Å². The molecule has 1 aliphatic heterocycles. The van der Waals surface area contributed by atoms with Gasteiger partial charge in [0.05, 0.1) is 6.33 Å². The van der Waals surface area contributed by atoms with Crippen molar-refractivity contribution in [3.8, 4) is 0 Å². The van der Waals surface area contributed by atoms with Crippen molar-refractivity contribution in [3.63, 3.8) is 0 Å². The van der Waals surface area contributed by atoms with E-state index in [9.17, 15) is 0 Å². The molecule has 17 heavy (non-hydrogen) atoms. The van der Waals surface area contributed by atoms with Gasteiger partial charge in [0.1, 0.15) is 0 Å². The molecule has 1 atom stereocenters. The second-order valence-corrected chi connectivity index (χ2v) is 5.25. The Kier molecular flexibility index (Phi) is 4.57. The lowest BCUT2D eigenvalue weighted by atomic mass is 10.0. The van der Waals surface area contributed by atoms with Gasteiger partial charge in [-0.2, -0.15) is 0 Å². The van der Waals surface area contributed by atoms with Gasteiger partial charge in [0.15, 0.2) is 0 Å². The maximum Gasteiger partial charge on any atom is 0.0922 e. The summed E-state index contributed by atoms with van der Waals surface area (Å²) in [4.78, 5) is 9.78. The van der Waals surface area contributed by atoms with E-state index in [2.05, 4.69) is 34.0 Å². The molecular formula is C13H24N4. The average Bonchev–Trinajstić information content (AvgIpc) is 2.82. The number of aromatic nitrogens is 2. The maximum absolute atomic E-state index is 4.08. The Morgan fingerprint density at radius 3 is 2.94 bits per heavy atom. The van der Waals surface area contributed by atoms with Crippen molar-refractivity contribution in [2.24, 2.45) is 0 Å². The quantitative estimate of drug-likeness (QED) is 0.819. The third-order valence-electron chi connectivity index (χ3n) is 3.53. The van der Waals surface area contributed by atoms with Crippen molar-refractivity contribution in [1.82, 2.24) is 20.2 Å². The molecule has 2 rings (SSSR count). The summed E-state index contributed by atoms with van der Waals surface area (Å²) >= 11 is 0. The number of aromatic amines is 1. The van der Waals surface area contributed by atoms with Crippen LogP contribution in [0.1, 0.15) is 38.8 Å². The zero-order valence-corrected chi connectivity index (χ0v) is 10.9. The first-order valence-corrected chi connectivity index (χ1v) is 6.70. The summed E-state index contributed by atoms with van der Waals surface area (Å²) in [6.07, 6.45) is 7.69. The number of imidazole rings is 1. The van der Waals surface area contributed by atoms with Crippen molar-refractivity contribution in [1.29, 1.82) is 0 Å². The van der Waals surface area contributed by atoms with E-state index < -0.39 is 0 Å². The summed E-state index contributed by atoms with van der Waals surface area (Å²) in [6.45, 7) is 7.81. The predicted octanol–water partition coefficient (Wildman–Crippen LogP) is 1.76. The van der Waals surface area contributed by atoms with E-state index >= 15 is 0 Å². The molecule has 0 bridgehead atoms. The van der Waals surface area contributed by atoms with Gasteiger partial charge in [-0.25, -0.2) is 4.98 Å². The van der Waals surface area contributed by atoms with Crippen LogP contribution in [-0.2, 0) is 6.54 Å². The highest BCUT2D eigenvalue weighted by Crippen LogP contribution is 2.12. The number of piperidine rings is 1. The smallest absolute Gasteiger partial charge is 0.0922 e. The normalized spacial score (nSPS) is 21.3. The third-order valence-corrected chi connectivity index (χ3v) is 3.53. The number of rotatable bonds is 5. The molecule has 1 aromatic rings. The fourth-order valence-electron chi connectivity index (χ4n) is 2.41. The molecule has 0 aliphatic carbocycles. The minimum atomic E-state index is 0.571. The van der Waals surface area contributed by atoms with Crippen LogP contribution < -0.4 is 5.32 Å². The summed E-state index contributed by atoms with van der Waals surface area (Å²) in [7, 11) is 0. The van der Waals surface area contributed by atoms with Gasteiger partial charge in [-0.3, -0.25) is 4.90 Å². The zero-order chi connectivity index (χ0) is 12.1. The Morgan fingerprint density at radius 2 is 2.35 bits per heavy atom. The van der Waals surface area contributed by atoms with Crippen molar-refractivity contribution in [2.75, 3.05) is 13.1 Å². The summed E-state index contributed by atoms with van der Waals surface area (Å²) in [5, 5.41) is 3.62. The van der Waals surface area contributed by atoms with Crippen molar-refractivity contribution in [3.05, 3.63) is 18.2 Å². The van der Waals surface area contributed by atoms with Crippen LogP contribution in [0.2, 0.25) is 0 Å². The highest BCUT2D eigenvalue weighted by molar-refractivity contribution is 4.95. The summed E-state index contributed by atoms with van der Waals surface area (Å²) in [5.41, 5.74) is 1.20. The minimum absolute atomic E-state index is 0.571. The van der Waals surface area contributed by atoms with E-state index in [4.69, 9.17) is 0 Å². The van der Waals surface area contributed by atoms with Gasteiger partial charge in [0, 0.05) is 37.1 Å². The van der Waals surface area contributed by atoms with E-state index in [0.717, 1.165) is 13.1 Å². The van der Waals surface area contributed by atoms with Gasteiger partial charge in [-0.1, -0.05) is 6.42 Å². The monoisotopic (exact) mass is 236 g/mol. The van der Waals surface area contributed by atoms with E-state index in [0.29, 0.717) is 12.1 Å². The molecule has 2 heterocycles. The fourth-order valence-corrected chi connectivity index (χ4v) is 2.41. The molecule has 0 saturated carbocycles. The van der Waals surface area contributed by atoms with Crippen LogP contribution in [0, 0.1) is 0 Å². The molecule has 0 radical (unpaired) electrons. The number of H-pyrrole nitrogens is 1. The van der Waals surface area contributed by atoms with Gasteiger partial charge in [0.2, 0.25) is 0 Å². The third kappa shape index (κ3) is 3.82. The first-order valence-electron chi connectivity index (χ1n) is 6.70. The van der Waals surface area contributed by atoms with E-state index in [1.165, 1.54) is 31.5 Å². The van der Waals surface area contributed by atoms with Crippen molar-refractivity contribution < 1.29 is 0 Å². The molecule has 96 valence electrons. The number of hydrogen-bond donors (Lipinski definition) is 2. The van der Waals surface area contributed by atoms with Gasteiger partial charge in [0.25, 0.3) is 0 Å². The number of hydrogen-bond acceptors (Lipinski definition) is 3. The molecule has 1 unspecified atom stereocenters. The van der Waals surface area contributed by atoms with Gasteiger partial charge < -0.3 is 10.3 Å². The largest absolute Gasteiger partial charge is 0.347 e. The molecule has 2 N–H and O–H groups in total. The second kappa shape index (κ2) is 6.17. The van der Waals surface area contributed by atoms with Crippen molar-refractivity contribution in [2.45, 2.75) is 51.7 Å². The standard InChI is InChI=1S/C13H24N4/c1-11(2)17(9-13-7-14-10-16-13)8-12-5-3-4-6-15-12/h7,10-12,15H,3-6,8-9H2,1-2H3,(H,14,16). The van der Waals surface area contributed by atoms with Crippen LogP contribution in [0.4, 0.5) is 0 Å². The van der Waals surface area contributed by atoms with Crippen LogP contribution in [0.3, 0.4) is 0 Å². The second-order valence-electron chi connectivity index (χ2n) is 5.25. The topological polar surface area (TPSA) is 44.0 Å². The van der Waals surface area contributed by atoms with Crippen LogP contribution in [0.5, 0.6) is 0 Å². The Morgan fingerprint density at radius 1 is 1.47 bits per heavy atom. The average molecular weight is 236 g/mol. The number of nitrogens with zero attached hydrogens (tertiary/aromatic N) is 2. The Labute approximate surface area is 104 Å². The number of nitrogens with one attached hydrogen (secondary N) is 2. The molecule has 4 nitrogen and oxygen atoms in total. The summed E-state index contributed by atoms with van der Waals surface area (Å²) < 4.78 is 0. The van der Waals surface area contributed by atoms with Crippen molar-refractivity contribution >= 4 is 0 Å². The highest BCUT2D eigenvalue weighted by Gasteiger charge is 2.18. The maximum atomic E-state index is 4.08. The van der Waals surface area contributed by atoms with Gasteiger partial charge >= 0.3 is 0 Å². The molecule has 1 fully saturated rings. The Balaban J connectivity index is 1.87. The first-order chi connectivity index (χ1) is 8.25. The lowest BCUT2D eigenvalue weighted by Crippen LogP contribution is -2.45. The molecule has 0 aromatic carbocycles. The zero-order valence-electron chi connectivity index (χ0n) is 10.9. The molecular weight excluding hydrogens is 212 g/mol. The first kappa shape index (κ1) is 12.6. The molecule has 0 spiro atoms. The summed E-state index contributed by atoms with van der Waals surface area (Å²) in [6, 6.07) is 1.23. The van der Waals surface area contributed by atoms with E-state index in [-0.39, 0.29) is 0 Å². The van der Waals surface area contributed by atoms with E-state index in [1.807, 2.05) is 6.20 Å². The molecule has 0 amide bonds. The molecule has 4 heteroatoms. The summed E-state index contributed by atoms with van der Waals surface area (Å²) in [5.74, 6) is 0. The van der Waals surface area contributed by atoms with E-state index in [1.54, 1.807) is 6.33 Å². The SMILES string of the molecule is CC(C)N(Cc1cnc[nH]1)CC1CCCCN1. The predicted molar refractivity (Wildman–Crippen MR) is 69.8 cm³/mol. The Bertz CT molecular complexity index is 301. The van der Waals surface area contributed by atoms with Gasteiger partial charge in [-0.15, -0.1) is 0 Å². The Hall–Kier alpha value is -0.870. The molecule has 1 aromatic heterocycles. The van der Waals surface area contributed by atoms with Crippen LogP contribution in [0.25, 0.3) is 0 Å². The molecule has 1 aliphatic rings. The minimum Gasteiger partial charge on any atom is -0.347 e. The lowest BCUT2D eigenvalue weighted by Gasteiger charge is -2.32. The lowest BCUT2D eigenvalue weighted by molar-refractivity contribution is 0.175. The fraction of sp³-hybridized carbons (Fsp3) is 0.769. The van der Waals surface area contributed by atoms with Crippen LogP contribution in [-0.4, -0.2) is 40.0 Å². The van der Waals surface area contributed by atoms with Crippen LogP contribution >= 0.6 is 0 Å². The highest BCUT2D eigenvalue weighted by atomic mass is 15.2.